The fourth-order valence-electron chi connectivity index (χ4n) is 3.50. The predicted molar refractivity (Wildman–Crippen MR) is 79.6 cm³/mol. The van der Waals surface area contributed by atoms with Gasteiger partial charge in [-0.1, -0.05) is 48.5 Å². The van der Waals surface area contributed by atoms with Crippen molar-refractivity contribution in [2.45, 2.75) is 0 Å². The molecule has 0 aromatic heterocycles. The van der Waals surface area contributed by atoms with Crippen LogP contribution in [-0.4, -0.2) is 5.11 Å². The van der Waals surface area contributed by atoms with Crippen LogP contribution in [0.1, 0.15) is 0 Å². The maximum Gasteiger partial charge on any atom is 0.124 e. The number of benzene rings is 4. The van der Waals surface area contributed by atoms with E-state index in [1.807, 2.05) is 12.1 Å². The molecule has 1 heteroatoms. The number of phenolic OH excluding ortho intramolecular Hbond substituents is 1. The molecular weight excluding hydrogens is 232 g/mol. The van der Waals surface area contributed by atoms with Gasteiger partial charge in [-0.15, -0.1) is 0 Å². The van der Waals surface area contributed by atoms with Crippen LogP contribution in [0, 0.1) is 0 Å². The van der Waals surface area contributed by atoms with Crippen molar-refractivity contribution in [2.75, 3.05) is 0 Å². The lowest BCUT2D eigenvalue weighted by molar-refractivity contribution is 0.482. The highest BCUT2D eigenvalue weighted by Gasteiger charge is 2.21. The molecule has 19 heavy (non-hydrogen) atoms. The van der Waals surface area contributed by atoms with E-state index in [4.69, 9.17) is 0 Å². The molecule has 4 aromatic carbocycles. The molecule has 0 bridgehead atoms. The first kappa shape index (κ1) is 9.40. The van der Waals surface area contributed by atoms with E-state index in [2.05, 4.69) is 42.5 Å². The Labute approximate surface area is 109 Å². The molecule has 4 aromatic rings. The molecule has 0 unspecified atom stereocenters. The molecular formula is C18H10O. The molecule has 1 aliphatic rings. The van der Waals surface area contributed by atoms with Crippen molar-refractivity contribution in [1.29, 1.82) is 0 Å². The normalized spacial score (nSPS) is 12.4. The average Bonchev–Trinajstić information content (AvgIpc) is 2.78. The second-order valence-electron chi connectivity index (χ2n) is 5.19. The summed E-state index contributed by atoms with van der Waals surface area (Å²) in [7, 11) is 0. The third-order valence-corrected chi connectivity index (χ3v) is 4.25. The summed E-state index contributed by atoms with van der Waals surface area (Å²) in [6, 6.07) is 18.7. The molecule has 0 radical (unpaired) electrons. The Morgan fingerprint density at radius 2 is 1.32 bits per heavy atom. The van der Waals surface area contributed by atoms with Gasteiger partial charge < -0.3 is 5.11 Å². The lowest BCUT2D eigenvalue weighted by Crippen LogP contribution is -1.77. The van der Waals surface area contributed by atoms with E-state index in [0.29, 0.717) is 5.75 Å². The topological polar surface area (TPSA) is 20.2 Å². The van der Waals surface area contributed by atoms with E-state index < -0.39 is 0 Å². The first-order chi connectivity index (χ1) is 9.34. The van der Waals surface area contributed by atoms with Gasteiger partial charge in [0, 0.05) is 10.8 Å². The second kappa shape index (κ2) is 2.89. The summed E-state index contributed by atoms with van der Waals surface area (Å²) >= 11 is 0. The minimum absolute atomic E-state index is 0.373. The van der Waals surface area contributed by atoms with Crippen LogP contribution in [0.2, 0.25) is 0 Å². The largest absolute Gasteiger partial charge is 0.507 e. The van der Waals surface area contributed by atoms with Crippen LogP contribution in [0.4, 0.5) is 0 Å². The maximum atomic E-state index is 10.2. The Hall–Kier alpha value is -2.54. The van der Waals surface area contributed by atoms with Gasteiger partial charge in [0.15, 0.2) is 0 Å². The van der Waals surface area contributed by atoms with E-state index in [1.54, 1.807) is 0 Å². The standard InChI is InChI=1S/C18H10O/c19-15-9-11-4-2-6-13-12-5-1-3-10-7-8-14(15)18(16(10)12)17(11)13/h1-9,19H. The summed E-state index contributed by atoms with van der Waals surface area (Å²) in [6.07, 6.45) is 0. The smallest absolute Gasteiger partial charge is 0.124 e. The molecule has 0 heterocycles. The van der Waals surface area contributed by atoms with Crippen molar-refractivity contribution >= 4 is 32.3 Å². The quantitative estimate of drug-likeness (QED) is 0.385. The Bertz CT molecular complexity index is 991. The molecule has 88 valence electrons. The lowest BCUT2D eigenvalue weighted by atomic mass is 10.00. The van der Waals surface area contributed by atoms with Crippen LogP contribution >= 0.6 is 0 Å². The monoisotopic (exact) mass is 242 g/mol. The van der Waals surface area contributed by atoms with Gasteiger partial charge in [0.2, 0.25) is 0 Å². The molecule has 1 N–H and O–H groups in total. The van der Waals surface area contributed by atoms with Crippen LogP contribution in [0.3, 0.4) is 0 Å². The molecule has 0 atom stereocenters. The minimum atomic E-state index is 0.373. The van der Waals surface area contributed by atoms with E-state index in [9.17, 15) is 5.11 Å². The fraction of sp³-hybridized carbons (Fsp3) is 0. The summed E-state index contributed by atoms with van der Waals surface area (Å²) in [5.74, 6) is 0.373. The summed E-state index contributed by atoms with van der Waals surface area (Å²) in [6.45, 7) is 0. The van der Waals surface area contributed by atoms with E-state index in [1.165, 1.54) is 32.7 Å². The molecule has 0 saturated carbocycles. The highest BCUT2D eigenvalue weighted by molar-refractivity contribution is 6.33. The lowest BCUT2D eigenvalue weighted by Gasteiger charge is -2.05. The first-order valence-electron chi connectivity index (χ1n) is 6.45. The van der Waals surface area contributed by atoms with Crippen molar-refractivity contribution < 1.29 is 5.11 Å². The Kier molecular flexibility index (Phi) is 1.43. The number of aromatic hydroxyl groups is 1. The van der Waals surface area contributed by atoms with Gasteiger partial charge in [-0.3, -0.25) is 0 Å². The average molecular weight is 242 g/mol. The molecule has 0 fully saturated rings. The number of hydrogen-bond acceptors (Lipinski definition) is 1. The molecule has 1 nitrogen and oxygen atoms in total. The summed E-state index contributed by atoms with van der Waals surface area (Å²) in [4.78, 5) is 0. The highest BCUT2D eigenvalue weighted by Crippen LogP contribution is 2.49. The first-order valence-corrected chi connectivity index (χ1v) is 6.45. The number of hydrogen-bond donors (Lipinski definition) is 1. The van der Waals surface area contributed by atoms with Crippen molar-refractivity contribution in [3.05, 3.63) is 54.6 Å². The van der Waals surface area contributed by atoms with Gasteiger partial charge in [0.05, 0.1) is 0 Å². The third kappa shape index (κ3) is 0.944. The van der Waals surface area contributed by atoms with Crippen LogP contribution in [0.25, 0.3) is 43.4 Å². The fourth-order valence-corrected chi connectivity index (χ4v) is 3.50. The predicted octanol–water partition coefficient (Wildman–Crippen LogP) is 4.83. The van der Waals surface area contributed by atoms with Gasteiger partial charge in [0.25, 0.3) is 0 Å². The van der Waals surface area contributed by atoms with E-state index in [-0.39, 0.29) is 0 Å². The van der Waals surface area contributed by atoms with Gasteiger partial charge in [0.1, 0.15) is 5.75 Å². The van der Waals surface area contributed by atoms with Gasteiger partial charge in [-0.2, -0.15) is 0 Å². The second-order valence-corrected chi connectivity index (χ2v) is 5.19. The highest BCUT2D eigenvalue weighted by atomic mass is 16.3. The maximum absolute atomic E-state index is 10.2. The van der Waals surface area contributed by atoms with Crippen LogP contribution < -0.4 is 0 Å². The Morgan fingerprint density at radius 1 is 0.632 bits per heavy atom. The van der Waals surface area contributed by atoms with E-state index >= 15 is 0 Å². The van der Waals surface area contributed by atoms with Gasteiger partial charge >= 0.3 is 0 Å². The zero-order valence-corrected chi connectivity index (χ0v) is 10.1. The van der Waals surface area contributed by atoms with Crippen molar-refractivity contribution in [3.63, 3.8) is 0 Å². The molecule has 0 aliphatic heterocycles. The van der Waals surface area contributed by atoms with Gasteiger partial charge in [-0.05, 0) is 38.7 Å². The van der Waals surface area contributed by atoms with Crippen molar-refractivity contribution in [1.82, 2.24) is 0 Å². The number of phenols is 1. The van der Waals surface area contributed by atoms with Crippen molar-refractivity contribution in [2.24, 2.45) is 0 Å². The Morgan fingerprint density at radius 3 is 2.11 bits per heavy atom. The van der Waals surface area contributed by atoms with Crippen LogP contribution in [0.15, 0.2) is 54.6 Å². The molecule has 0 amide bonds. The van der Waals surface area contributed by atoms with Crippen molar-refractivity contribution in [3.8, 4) is 16.9 Å². The minimum Gasteiger partial charge on any atom is -0.507 e. The molecule has 0 saturated heterocycles. The SMILES string of the molecule is Oc1cc2cccc3c2c2c1ccc1cccc-3c12. The van der Waals surface area contributed by atoms with E-state index in [0.717, 1.165) is 10.8 Å². The van der Waals surface area contributed by atoms with Crippen LogP contribution in [-0.2, 0) is 0 Å². The molecule has 1 aliphatic carbocycles. The number of fused-ring (bicyclic) bond motifs is 1. The zero-order valence-electron chi connectivity index (χ0n) is 10.1. The summed E-state index contributed by atoms with van der Waals surface area (Å²) < 4.78 is 0. The number of rotatable bonds is 0. The zero-order chi connectivity index (χ0) is 12.6. The van der Waals surface area contributed by atoms with Gasteiger partial charge in [-0.25, -0.2) is 0 Å². The Balaban J connectivity index is 2.30. The van der Waals surface area contributed by atoms with Crippen LogP contribution in [0.5, 0.6) is 5.75 Å². The third-order valence-electron chi connectivity index (χ3n) is 4.25. The molecule has 5 rings (SSSR count). The molecule has 0 spiro atoms. The summed E-state index contributed by atoms with van der Waals surface area (Å²) in [5.41, 5.74) is 2.57. The summed E-state index contributed by atoms with van der Waals surface area (Å²) in [5, 5.41) is 17.3.